The van der Waals surface area contributed by atoms with Gasteiger partial charge < -0.3 is 4.90 Å². The average molecular weight is 283 g/mol. The van der Waals surface area contributed by atoms with Gasteiger partial charge in [-0.2, -0.15) is 0 Å². The molecule has 5 nitrogen and oxygen atoms in total. The van der Waals surface area contributed by atoms with Gasteiger partial charge in [-0.1, -0.05) is 0 Å². The Morgan fingerprint density at radius 2 is 2.11 bits per heavy atom. The smallest absolute Gasteiger partial charge is 0.269 e. The van der Waals surface area contributed by atoms with E-state index in [1.165, 1.54) is 24.3 Å². The molecule has 19 heavy (non-hydrogen) atoms. The number of hydrogen-bond donors (Lipinski definition) is 0. The predicted octanol–water partition coefficient (Wildman–Crippen LogP) is 2.69. The van der Waals surface area contributed by atoms with Gasteiger partial charge in [0.25, 0.3) is 11.6 Å². The molecule has 1 amide bonds. The Hall–Kier alpha value is -1.62. The van der Waals surface area contributed by atoms with Gasteiger partial charge in [-0.15, -0.1) is 11.6 Å². The summed E-state index contributed by atoms with van der Waals surface area (Å²) in [5.41, 5.74) is 0.481. The minimum Gasteiger partial charge on any atom is -0.338 e. The van der Waals surface area contributed by atoms with E-state index in [1.54, 1.807) is 4.90 Å². The van der Waals surface area contributed by atoms with Crippen molar-refractivity contribution < 1.29 is 9.72 Å². The van der Waals surface area contributed by atoms with Gasteiger partial charge in [0.2, 0.25) is 0 Å². The molecule has 1 saturated heterocycles. The molecule has 0 radical (unpaired) electrons. The Balaban J connectivity index is 2.08. The number of hydrogen-bond acceptors (Lipinski definition) is 3. The van der Waals surface area contributed by atoms with Crippen LogP contribution in [0, 0.1) is 16.0 Å². The summed E-state index contributed by atoms with van der Waals surface area (Å²) in [7, 11) is 0. The number of nitro benzene ring substituents is 1. The summed E-state index contributed by atoms with van der Waals surface area (Å²) in [6.45, 7) is 1.39. The number of rotatable bonds is 3. The van der Waals surface area contributed by atoms with Gasteiger partial charge in [0.05, 0.1) is 4.92 Å². The van der Waals surface area contributed by atoms with Gasteiger partial charge in [0, 0.05) is 36.7 Å². The zero-order chi connectivity index (χ0) is 13.8. The molecule has 0 aromatic heterocycles. The lowest BCUT2D eigenvalue weighted by molar-refractivity contribution is -0.384. The summed E-state index contributed by atoms with van der Waals surface area (Å²) < 4.78 is 0. The maximum absolute atomic E-state index is 12.3. The van der Waals surface area contributed by atoms with Gasteiger partial charge >= 0.3 is 0 Å². The number of alkyl halides is 1. The molecule has 1 unspecified atom stereocenters. The molecule has 1 fully saturated rings. The van der Waals surface area contributed by atoms with E-state index in [4.69, 9.17) is 11.6 Å². The third-order valence-electron chi connectivity index (χ3n) is 3.35. The zero-order valence-electron chi connectivity index (χ0n) is 10.4. The highest BCUT2D eigenvalue weighted by Gasteiger charge is 2.24. The van der Waals surface area contributed by atoms with Crippen LogP contribution < -0.4 is 0 Å². The SMILES string of the molecule is O=C(c1ccc([N+](=O)[O-])cc1)N1CCCC(CCl)C1. The van der Waals surface area contributed by atoms with Crippen LogP contribution in [0.2, 0.25) is 0 Å². The topological polar surface area (TPSA) is 63.4 Å². The summed E-state index contributed by atoms with van der Waals surface area (Å²) in [6, 6.07) is 5.72. The number of benzene rings is 1. The summed E-state index contributed by atoms with van der Waals surface area (Å²) in [5, 5.41) is 10.6. The number of carbonyl (C=O) groups is 1. The first-order chi connectivity index (χ1) is 9.11. The van der Waals surface area contributed by atoms with Crippen molar-refractivity contribution in [3.63, 3.8) is 0 Å². The first kappa shape index (κ1) is 13.8. The van der Waals surface area contributed by atoms with Gasteiger partial charge in [-0.25, -0.2) is 0 Å². The monoisotopic (exact) mass is 282 g/mol. The molecule has 0 spiro atoms. The van der Waals surface area contributed by atoms with E-state index in [2.05, 4.69) is 0 Å². The van der Waals surface area contributed by atoms with Crippen LogP contribution in [-0.4, -0.2) is 34.7 Å². The molecule has 1 heterocycles. The van der Waals surface area contributed by atoms with Gasteiger partial charge in [-0.3, -0.25) is 14.9 Å². The van der Waals surface area contributed by atoms with Crippen LogP contribution in [0.5, 0.6) is 0 Å². The zero-order valence-corrected chi connectivity index (χ0v) is 11.2. The van der Waals surface area contributed by atoms with E-state index in [9.17, 15) is 14.9 Å². The van der Waals surface area contributed by atoms with Crippen molar-refractivity contribution >= 4 is 23.2 Å². The van der Waals surface area contributed by atoms with E-state index in [0.29, 0.717) is 23.9 Å². The van der Waals surface area contributed by atoms with Gasteiger partial charge in [-0.05, 0) is 30.9 Å². The summed E-state index contributed by atoms with van der Waals surface area (Å²) >= 11 is 5.84. The fourth-order valence-corrected chi connectivity index (χ4v) is 2.54. The molecular formula is C13H15ClN2O3. The first-order valence-electron chi connectivity index (χ1n) is 6.21. The Bertz CT molecular complexity index is 475. The number of nitrogens with zero attached hydrogens (tertiary/aromatic N) is 2. The maximum atomic E-state index is 12.3. The van der Waals surface area contributed by atoms with E-state index in [0.717, 1.165) is 19.4 Å². The number of likely N-dealkylation sites (tertiary alicyclic amines) is 1. The highest BCUT2D eigenvalue weighted by atomic mass is 35.5. The quantitative estimate of drug-likeness (QED) is 0.486. The lowest BCUT2D eigenvalue weighted by atomic mass is 9.99. The van der Waals surface area contributed by atoms with E-state index >= 15 is 0 Å². The molecular weight excluding hydrogens is 268 g/mol. The van der Waals surface area contributed by atoms with Crippen molar-refractivity contribution in [3.8, 4) is 0 Å². The number of nitro groups is 1. The number of amides is 1. The Labute approximate surface area is 116 Å². The number of piperidine rings is 1. The molecule has 1 aromatic rings. The molecule has 1 atom stereocenters. The number of carbonyl (C=O) groups excluding carboxylic acids is 1. The van der Waals surface area contributed by atoms with Gasteiger partial charge in [0.15, 0.2) is 0 Å². The fraction of sp³-hybridized carbons (Fsp3) is 0.462. The normalized spacial score (nSPS) is 19.2. The summed E-state index contributed by atoms with van der Waals surface area (Å²) in [4.78, 5) is 24.1. The minimum absolute atomic E-state index is 0.00571. The van der Waals surface area contributed by atoms with Crippen LogP contribution in [0.25, 0.3) is 0 Å². The van der Waals surface area contributed by atoms with Crippen molar-refractivity contribution in [2.45, 2.75) is 12.8 Å². The predicted molar refractivity (Wildman–Crippen MR) is 72.4 cm³/mol. The third kappa shape index (κ3) is 3.23. The highest BCUT2D eigenvalue weighted by Crippen LogP contribution is 2.20. The van der Waals surface area contributed by atoms with Crippen LogP contribution in [0.3, 0.4) is 0 Å². The first-order valence-corrected chi connectivity index (χ1v) is 6.75. The van der Waals surface area contributed by atoms with E-state index in [-0.39, 0.29) is 11.6 Å². The molecule has 6 heteroatoms. The lowest BCUT2D eigenvalue weighted by Gasteiger charge is -2.31. The second kappa shape index (κ2) is 6.02. The molecule has 102 valence electrons. The van der Waals surface area contributed by atoms with Crippen LogP contribution in [0.1, 0.15) is 23.2 Å². The van der Waals surface area contributed by atoms with Crippen molar-refractivity contribution in [1.29, 1.82) is 0 Å². The Kier molecular flexibility index (Phi) is 4.37. The fourth-order valence-electron chi connectivity index (χ4n) is 2.28. The van der Waals surface area contributed by atoms with Crippen molar-refractivity contribution in [2.75, 3.05) is 19.0 Å². The highest BCUT2D eigenvalue weighted by molar-refractivity contribution is 6.18. The molecule has 0 aliphatic carbocycles. The van der Waals surface area contributed by atoms with Crippen molar-refractivity contribution in [2.24, 2.45) is 5.92 Å². The summed E-state index contributed by atoms with van der Waals surface area (Å²) in [6.07, 6.45) is 2.00. The largest absolute Gasteiger partial charge is 0.338 e. The molecule has 0 saturated carbocycles. The molecule has 0 bridgehead atoms. The molecule has 1 aliphatic heterocycles. The second-order valence-electron chi connectivity index (χ2n) is 4.72. The molecule has 1 aromatic carbocycles. The average Bonchev–Trinajstić information content (AvgIpc) is 2.46. The van der Waals surface area contributed by atoms with Crippen LogP contribution in [-0.2, 0) is 0 Å². The number of halogens is 1. The van der Waals surface area contributed by atoms with E-state index < -0.39 is 4.92 Å². The molecule has 1 aliphatic rings. The van der Waals surface area contributed by atoms with Crippen molar-refractivity contribution in [1.82, 2.24) is 4.90 Å². The van der Waals surface area contributed by atoms with E-state index in [1.807, 2.05) is 0 Å². The number of non-ortho nitro benzene ring substituents is 1. The molecule has 2 rings (SSSR count). The van der Waals surface area contributed by atoms with Crippen LogP contribution in [0.15, 0.2) is 24.3 Å². The maximum Gasteiger partial charge on any atom is 0.269 e. The standard InChI is InChI=1S/C13H15ClN2O3/c14-8-10-2-1-7-15(9-10)13(17)11-3-5-12(6-4-11)16(18)19/h3-6,10H,1-2,7-9H2. The molecule has 0 N–H and O–H groups in total. The Morgan fingerprint density at radius 1 is 1.42 bits per heavy atom. The Morgan fingerprint density at radius 3 is 2.68 bits per heavy atom. The van der Waals surface area contributed by atoms with Crippen LogP contribution in [0.4, 0.5) is 5.69 Å². The second-order valence-corrected chi connectivity index (χ2v) is 5.03. The van der Waals surface area contributed by atoms with Gasteiger partial charge in [0.1, 0.15) is 0 Å². The third-order valence-corrected chi connectivity index (χ3v) is 3.79. The minimum atomic E-state index is -0.474. The van der Waals surface area contributed by atoms with Crippen LogP contribution >= 0.6 is 11.6 Å². The van der Waals surface area contributed by atoms with Crippen molar-refractivity contribution in [3.05, 3.63) is 39.9 Å². The lowest BCUT2D eigenvalue weighted by Crippen LogP contribution is -2.40. The summed E-state index contributed by atoms with van der Waals surface area (Å²) in [5.74, 6) is 0.825.